The van der Waals surface area contributed by atoms with Gasteiger partial charge in [-0.25, -0.2) is 4.98 Å². The van der Waals surface area contributed by atoms with Crippen LogP contribution in [-0.2, 0) is 10.3 Å². The van der Waals surface area contributed by atoms with Crippen molar-refractivity contribution in [3.63, 3.8) is 0 Å². The van der Waals surface area contributed by atoms with Crippen LogP contribution in [-0.4, -0.2) is 35.5 Å². The summed E-state index contributed by atoms with van der Waals surface area (Å²) in [6.07, 6.45) is 0. The minimum atomic E-state index is -0.504. The van der Waals surface area contributed by atoms with Crippen molar-refractivity contribution in [2.75, 3.05) is 19.8 Å². The van der Waals surface area contributed by atoms with Gasteiger partial charge in [-0.3, -0.25) is 4.79 Å². The van der Waals surface area contributed by atoms with E-state index in [1.54, 1.807) is 13.8 Å². The predicted octanol–water partition coefficient (Wildman–Crippen LogP) is 2.68. The van der Waals surface area contributed by atoms with Gasteiger partial charge in [0.25, 0.3) is 5.91 Å². The Labute approximate surface area is 129 Å². The van der Waals surface area contributed by atoms with Crippen molar-refractivity contribution in [1.29, 1.82) is 0 Å². The third kappa shape index (κ3) is 2.41. The van der Waals surface area contributed by atoms with Gasteiger partial charge in [-0.2, -0.15) is 0 Å². The van der Waals surface area contributed by atoms with Gasteiger partial charge in [0.2, 0.25) is 0 Å². The molecule has 2 aromatic rings. The Morgan fingerprint density at radius 1 is 1.27 bits per heavy atom. The third-order valence-electron chi connectivity index (χ3n) is 4.19. The number of oxazole rings is 1. The van der Waals surface area contributed by atoms with Gasteiger partial charge < -0.3 is 14.1 Å². The normalized spacial score (nSPS) is 21.9. The van der Waals surface area contributed by atoms with E-state index in [1.807, 2.05) is 42.2 Å². The number of hydrogen-bond donors (Lipinski definition) is 0. The molecule has 1 saturated heterocycles. The number of morpholine rings is 1. The smallest absolute Gasteiger partial charge is 0.276 e. The first-order valence-corrected chi connectivity index (χ1v) is 7.41. The molecule has 0 spiro atoms. The summed E-state index contributed by atoms with van der Waals surface area (Å²) in [6.45, 7) is 7.09. The Bertz CT molecular complexity index is 680. The molecule has 1 aliphatic rings. The van der Waals surface area contributed by atoms with Crippen molar-refractivity contribution in [3.8, 4) is 0 Å². The molecule has 0 N–H and O–H groups in total. The molecule has 1 aromatic heterocycles. The van der Waals surface area contributed by atoms with E-state index in [2.05, 4.69) is 4.98 Å². The van der Waals surface area contributed by atoms with E-state index in [-0.39, 0.29) is 5.91 Å². The van der Waals surface area contributed by atoms with Gasteiger partial charge in [0.15, 0.2) is 11.6 Å². The van der Waals surface area contributed by atoms with E-state index < -0.39 is 5.54 Å². The molecule has 3 rings (SSSR count). The highest BCUT2D eigenvalue weighted by molar-refractivity contribution is 5.94. The quantitative estimate of drug-likeness (QED) is 0.855. The number of aromatic nitrogens is 1. The molecule has 116 valence electrons. The number of nitrogens with zero attached hydrogens (tertiary/aromatic N) is 2. The maximum absolute atomic E-state index is 13.0. The molecule has 1 amide bonds. The minimum absolute atomic E-state index is 0.107. The highest BCUT2D eigenvalue weighted by Gasteiger charge is 2.41. The second kappa shape index (κ2) is 5.57. The van der Waals surface area contributed by atoms with Crippen LogP contribution >= 0.6 is 0 Å². The average molecular weight is 300 g/mol. The van der Waals surface area contributed by atoms with Crippen molar-refractivity contribution < 1.29 is 13.9 Å². The molecular weight excluding hydrogens is 280 g/mol. The van der Waals surface area contributed by atoms with Crippen LogP contribution < -0.4 is 0 Å². The molecule has 1 atom stereocenters. The highest BCUT2D eigenvalue weighted by atomic mass is 16.5. The van der Waals surface area contributed by atoms with Crippen LogP contribution in [0.25, 0.3) is 0 Å². The molecule has 0 bridgehead atoms. The van der Waals surface area contributed by atoms with Crippen molar-refractivity contribution >= 4 is 5.91 Å². The van der Waals surface area contributed by atoms with E-state index >= 15 is 0 Å². The van der Waals surface area contributed by atoms with Crippen LogP contribution in [0.2, 0.25) is 0 Å². The Balaban J connectivity index is 2.00. The molecule has 0 aliphatic carbocycles. The molecule has 5 nitrogen and oxygen atoms in total. The van der Waals surface area contributed by atoms with Crippen molar-refractivity contribution in [2.24, 2.45) is 0 Å². The number of carbonyl (C=O) groups is 1. The molecule has 22 heavy (non-hydrogen) atoms. The lowest BCUT2D eigenvalue weighted by molar-refractivity contribution is -0.0483. The van der Waals surface area contributed by atoms with Crippen LogP contribution in [0.4, 0.5) is 0 Å². The van der Waals surface area contributed by atoms with E-state index in [9.17, 15) is 4.79 Å². The summed E-state index contributed by atoms with van der Waals surface area (Å²) in [4.78, 5) is 19.1. The number of hydrogen-bond acceptors (Lipinski definition) is 4. The fraction of sp³-hybridized carbons (Fsp3) is 0.412. The Kier molecular flexibility index (Phi) is 3.74. The van der Waals surface area contributed by atoms with Gasteiger partial charge in [-0.05, 0) is 19.4 Å². The second-order valence-corrected chi connectivity index (χ2v) is 5.79. The number of ether oxygens (including phenoxy) is 1. The topological polar surface area (TPSA) is 55.6 Å². The molecule has 2 heterocycles. The van der Waals surface area contributed by atoms with Gasteiger partial charge in [-0.15, -0.1) is 0 Å². The summed E-state index contributed by atoms with van der Waals surface area (Å²) in [6, 6.07) is 9.96. The molecule has 1 aliphatic heterocycles. The minimum Gasteiger partial charge on any atom is -0.445 e. The van der Waals surface area contributed by atoms with E-state index in [0.29, 0.717) is 37.1 Å². The van der Waals surface area contributed by atoms with Crippen LogP contribution in [0.3, 0.4) is 0 Å². The predicted molar refractivity (Wildman–Crippen MR) is 81.6 cm³/mol. The maximum Gasteiger partial charge on any atom is 0.276 e. The number of carbonyl (C=O) groups excluding carboxylic acids is 1. The zero-order valence-corrected chi connectivity index (χ0v) is 13.1. The van der Waals surface area contributed by atoms with Gasteiger partial charge >= 0.3 is 0 Å². The van der Waals surface area contributed by atoms with Gasteiger partial charge in [0.05, 0.1) is 18.8 Å². The summed E-state index contributed by atoms with van der Waals surface area (Å²) in [5.74, 6) is 0.962. The number of aryl methyl sites for hydroxylation is 2. The molecular formula is C17H20N2O3. The van der Waals surface area contributed by atoms with Crippen molar-refractivity contribution in [2.45, 2.75) is 26.3 Å². The van der Waals surface area contributed by atoms with Crippen molar-refractivity contribution in [3.05, 3.63) is 53.2 Å². The summed E-state index contributed by atoms with van der Waals surface area (Å²) < 4.78 is 11.1. The lowest BCUT2D eigenvalue weighted by Crippen LogP contribution is -2.55. The van der Waals surface area contributed by atoms with E-state index in [1.165, 1.54) is 0 Å². The molecule has 1 fully saturated rings. The standard InChI is InChI=1S/C17H20N2O3/c1-12-15(18-13(2)22-12)16(20)19-9-10-21-11-17(19,3)14-7-5-4-6-8-14/h4-8H,9-11H2,1-3H3/t17-/m0/s1. The van der Waals surface area contributed by atoms with E-state index in [0.717, 1.165) is 5.56 Å². The third-order valence-corrected chi connectivity index (χ3v) is 4.19. The number of benzene rings is 1. The molecule has 0 unspecified atom stereocenters. The summed E-state index contributed by atoms with van der Waals surface area (Å²) >= 11 is 0. The largest absolute Gasteiger partial charge is 0.445 e. The Hall–Kier alpha value is -2.14. The highest BCUT2D eigenvalue weighted by Crippen LogP contribution is 2.32. The van der Waals surface area contributed by atoms with E-state index in [4.69, 9.17) is 9.15 Å². The van der Waals surface area contributed by atoms with Gasteiger partial charge in [0, 0.05) is 13.5 Å². The van der Waals surface area contributed by atoms with Crippen LogP contribution in [0.15, 0.2) is 34.7 Å². The zero-order chi connectivity index (χ0) is 15.7. The zero-order valence-electron chi connectivity index (χ0n) is 13.1. The first-order valence-electron chi connectivity index (χ1n) is 7.41. The van der Waals surface area contributed by atoms with Crippen LogP contribution in [0, 0.1) is 13.8 Å². The van der Waals surface area contributed by atoms with Crippen LogP contribution in [0.1, 0.15) is 34.6 Å². The first kappa shape index (κ1) is 14.8. The number of amides is 1. The van der Waals surface area contributed by atoms with Crippen LogP contribution in [0.5, 0.6) is 0 Å². The summed E-state index contributed by atoms with van der Waals surface area (Å²) in [5, 5.41) is 0. The summed E-state index contributed by atoms with van der Waals surface area (Å²) in [7, 11) is 0. The Morgan fingerprint density at radius 3 is 2.64 bits per heavy atom. The summed E-state index contributed by atoms with van der Waals surface area (Å²) in [5.41, 5.74) is 0.943. The fourth-order valence-corrected chi connectivity index (χ4v) is 2.97. The lowest BCUT2D eigenvalue weighted by atomic mass is 9.89. The second-order valence-electron chi connectivity index (χ2n) is 5.79. The lowest BCUT2D eigenvalue weighted by Gasteiger charge is -2.44. The maximum atomic E-state index is 13.0. The molecule has 1 aromatic carbocycles. The van der Waals surface area contributed by atoms with Gasteiger partial charge in [-0.1, -0.05) is 30.3 Å². The SMILES string of the molecule is Cc1nc(C(=O)N2CCOC[C@@]2(C)c2ccccc2)c(C)o1. The molecule has 0 saturated carbocycles. The molecule has 0 radical (unpaired) electrons. The fourth-order valence-electron chi connectivity index (χ4n) is 2.97. The Morgan fingerprint density at radius 2 is 2.00 bits per heavy atom. The molecule has 5 heteroatoms. The first-order chi connectivity index (χ1) is 10.5. The van der Waals surface area contributed by atoms with Gasteiger partial charge in [0.1, 0.15) is 5.76 Å². The monoisotopic (exact) mass is 300 g/mol. The average Bonchev–Trinajstić information content (AvgIpc) is 2.86. The number of rotatable bonds is 2. The van der Waals surface area contributed by atoms with Crippen molar-refractivity contribution in [1.82, 2.24) is 9.88 Å².